The van der Waals surface area contributed by atoms with Crippen LogP contribution in [0.4, 0.5) is 11.8 Å². The van der Waals surface area contributed by atoms with Gasteiger partial charge in [0.15, 0.2) is 0 Å². The van der Waals surface area contributed by atoms with E-state index in [9.17, 15) is 4.79 Å². The summed E-state index contributed by atoms with van der Waals surface area (Å²) >= 11 is 2.03. The molecule has 0 fully saturated rings. The Morgan fingerprint density at radius 3 is 3.00 bits per heavy atom. The van der Waals surface area contributed by atoms with Gasteiger partial charge in [0.1, 0.15) is 12.4 Å². The van der Waals surface area contributed by atoms with Gasteiger partial charge >= 0.3 is 5.97 Å². The Kier molecular flexibility index (Phi) is 3.86. The van der Waals surface area contributed by atoms with Crippen molar-refractivity contribution in [3.05, 3.63) is 9.77 Å². The molecule has 0 bridgehead atoms. The minimum Gasteiger partial charge on any atom is -0.480 e. The van der Waals surface area contributed by atoms with E-state index in [1.54, 1.807) is 13.2 Å². The maximum Gasteiger partial charge on any atom is 0.322 e. The molecule has 0 saturated carbocycles. The third-order valence-corrected chi connectivity index (χ3v) is 2.16. The number of carboxylic acids is 1. The monoisotopic (exact) mass is 308 g/mol. The number of carbonyl (C=O) groups is 1. The molecule has 6 nitrogen and oxygen atoms in total. The number of hydrogen-bond donors (Lipinski definition) is 3. The van der Waals surface area contributed by atoms with Crippen molar-refractivity contribution in [3.8, 4) is 0 Å². The molecular weight excluding hydrogens is 299 g/mol. The molecule has 0 amide bonds. The molecule has 3 N–H and O–H groups in total. The predicted molar refractivity (Wildman–Crippen MR) is 60.4 cm³/mol. The molecule has 14 heavy (non-hydrogen) atoms. The number of aliphatic carboxylic acids is 1. The lowest BCUT2D eigenvalue weighted by molar-refractivity contribution is -0.134. The SMILES string of the molecule is CNc1ncc(I)c(NCC(=O)O)n1. The summed E-state index contributed by atoms with van der Waals surface area (Å²) in [5.41, 5.74) is 0. The second-order valence-corrected chi connectivity index (χ2v) is 3.55. The number of carboxylic acid groups (broad SMARTS) is 1. The Labute approximate surface area is 94.3 Å². The van der Waals surface area contributed by atoms with E-state index in [1.807, 2.05) is 22.6 Å². The van der Waals surface area contributed by atoms with E-state index in [4.69, 9.17) is 5.11 Å². The third-order valence-electron chi connectivity index (χ3n) is 1.37. The zero-order valence-corrected chi connectivity index (χ0v) is 9.57. The zero-order chi connectivity index (χ0) is 10.6. The molecule has 1 rings (SSSR count). The quantitative estimate of drug-likeness (QED) is 0.707. The van der Waals surface area contributed by atoms with Crippen molar-refractivity contribution in [2.24, 2.45) is 0 Å². The molecule has 7 heteroatoms. The Bertz CT molecular complexity index is 344. The van der Waals surface area contributed by atoms with Crippen molar-refractivity contribution >= 4 is 40.3 Å². The van der Waals surface area contributed by atoms with Crippen LogP contribution in [0.25, 0.3) is 0 Å². The highest BCUT2D eigenvalue weighted by Gasteiger charge is 2.04. The smallest absolute Gasteiger partial charge is 0.322 e. The summed E-state index contributed by atoms with van der Waals surface area (Å²) in [5.74, 6) is 0.0519. The number of halogens is 1. The predicted octanol–water partition coefficient (Wildman–Crippen LogP) is 0.619. The van der Waals surface area contributed by atoms with Crippen LogP contribution in [0.15, 0.2) is 6.20 Å². The van der Waals surface area contributed by atoms with E-state index < -0.39 is 5.97 Å². The molecule has 0 unspecified atom stereocenters. The summed E-state index contributed by atoms with van der Waals surface area (Å²) in [6.07, 6.45) is 1.61. The van der Waals surface area contributed by atoms with E-state index in [1.165, 1.54) is 0 Å². The highest BCUT2D eigenvalue weighted by atomic mass is 127. The minimum atomic E-state index is -0.926. The third kappa shape index (κ3) is 2.98. The first-order chi connectivity index (χ1) is 6.63. The van der Waals surface area contributed by atoms with Crippen molar-refractivity contribution in [2.45, 2.75) is 0 Å². The average Bonchev–Trinajstić information content (AvgIpc) is 2.16. The second kappa shape index (κ2) is 4.94. The van der Waals surface area contributed by atoms with Crippen LogP contribution in [-0.4, -0.2) is 34.6 Å². The minimum absolute atomic E-state index is 0.157. The summed E-state index contributed by atoms with van der Waals surface area (Å²) in [6, 6.07) is 0. The molecule has 0 aliphatic heterocycles. The molecule has 0 aliphatic rings. The lowest BCUT2D eigenvalue weighted by Crippen LogP contribution is -2.14. The number of anilines is 2. The Hall–Kier alpha value is -1.12. The van der Waals surface area contributed by atoms with Gasteiger partial charge in [-0.1, -0.05) is 0 Å². The van der Waals surface area contributed by atoms with Crippen LogP contribution in [0, 0.1) is 3.57 Å². The van der Waals surface area contributed by atoms with E-state index in [2.05, 4.69) is 20.6 Å². The number of nitrogens with zero attached hydrogens (tertiary/aromatic N) is 2. The summed E-state index contributed by atoms with van der Waals surface area (Å²) < 4.78 is 0.780. The summed E-state index contributed by atoms with van der Waals surface area (Å²) in [6.45, 7) is -0.157. The lowest BCUT2D eigenvalue weighted by atomic mass is 10.5. The van der Waals surface area contributed by atoms with Crippen LogP contribution in [0.3, 0.4) is 0 Å². The molecule has 0 spiro atoms. The van der Waals surface area contributed by atoms with Crippen molar-refractivity contribution in [1.82, 2.24) is 9.97 Å². The van der Waals surface area contributed by atoms with Crippen LogP contribution in [-0.2, 0) is 4.79 Å². The van der Waals surface area contributed by atoms with Gasteiger partial charge in [-0.2, -0.15) is 4.98 Å². The van der Waals surface area contributed by atoms with Gasteiger partial charge in [0.05, 0.1) is 3.57 Å². The van der Waals surface area contributed by atoms with Crippen LogP contribution in [0.1, 0.15) is 0 Å². The van der Waals surface area contributed by atoms with Gasteiger partial charge in [-0.3, -0.25) is 4.79 Å². The first kappa shape index (κ1) is 11.0. The second-order valence-electron chi connectivity index (χ2n) is 2.39. The van der Waals surface area contributed by atoms with Crippen LogP contribution in [0.5, 0.6) is 0 Å². The molecule has 76 valence electrons. The molecular formula is C7H9IN4O2. The largest absolute Gasteiger partial charge is 0.480 e. The number of nitrogens with one attached hydrogen (secondary N) is 2. The molecule has 1 heterocycles. The first-order valence-electron chi connectivity index (χ1n) is 3.79. The fraction of sp³-hybridized carbons (Fsp3) is 0.286. The van der Waals surface area contributed by atoms with E-state index in [-0.39, 0.29) is 6.54 Å². The molecule has 0 aromatic carbocycles. The number of rotatable bonds is 4. The van der Waals surface area contributed by atoms with Crippen molar-refractivity contribution in [2.75, 3.05) is 24.2 Å². The fourth-order valence-corrected chi connectivity index (χ4v) is 1.22. The molecule has 0 radical (unpaired) electrons. The average molecular weight is 308 g/mol. The topological polar surface area (TPSA) is 87.1 Å². The fourth-order valence-electron chi connectivity index (χ4n) is 0.771. The van der Waals surface area contributed by atoms with Crippen LogP contribution in [0.2, 0.25) is 0 Å². The van der Waals surface area contributed by atoms with Crippen molar-refractivity contribution in [1.29, 1.82) is 0 Å². The van der Waals surface area contributed by atoms with Gasteiger partial charge in [-0.05, 0) is 22.6 Å². The maximum atomic E-state index is 10.3. The van der Waals surface area contributed by atoms with Crippen molar-refractivity contribution < 1.29 is 9.90 Å². The van der Waals surface area contributed by atoms with E-state index in [0.717, 1.165) is 3.57 Å². The normalized spacial score (nSPS) is 9.57. The Balaban J connectivity index is 2.78. The van der Waals surface area contributed by atoms with Crippen molar-refractivity contribution in [3.63, 3.8) is 0 Å². The van der Waals surface area contributed by atoms with Gasteiger partial charge in [-0.15, -0.1) is 0 Å². The van der Waals surface area contributed by atoms with Gasteiger partial charge in [0.2, 0.25) is 5.95 Å². The highest BCUT2D eigenvalue weighted by Crippen LogP contribution is 2.15. The highest BCUT2D eigenvalue weighted by molar-refractivity contribution is 14.1. The van der Waals surface area contributed by atoms with Gasteiger partial charge in [0, 0.05) is 13.2 Å². The van der Waals surface area contributed by atoms with Crippen LogP contribution >= 0.6 is 22.6 Å². The van der Waals surface area contributed by atoms with Gasteiger partial charge in [-0.25, -0.2) is 4.98 Å². The Morgan fingerprint density at radius 2 is 2.43 bits per heavy atom. The zero-order valence-electron chi connectivity index (χ0n) is 7.41. The van der Waals surface area contributed by atoms with E-state index >= 15 is 0 Å². The standard InChI is InChI=1S/C7H9IN4O2/c1-9-7-11-2-4(8)6(12-7)10-3-5(13)14/h2H,3H2,1H3,(H,13,14)(H2,9,10,11,12). The summed E-state index contributed by atoms with van der Waals surface area (Å²) in [7, 11) is 1.70. The molecule has 0 atom stereocenters. The molecule has 0 aliphatic carbocycles. The number of hydrogen-bond acceptors (Lipinski definition) is 5. The molecule has 1 aromatic rings. The molecule has 0 saturated heterocycles. The lowest BCUT2D eigenvalue weighted by Gasteiger charge is -2.06. The summed E-state index contributed by atoms with van der Waals surface area (Å²) in [4.78, 5) is 18.3. The Morgan fingerprint density at radius 1 is 1.71 bits per heavy atom. The maximum absolute atomic E-state index is 10.3. The van der Waals surface area contributed by atoms with Crippen LogP contribution < -0.4 is 10.6 Å². The van der Waals surface area contributed by atoms with Gasteiger partial charge < -0.3 is 15.7 Å². The molecule has 1 aromatic heterocycles. The van der Waals surface area contributed by atoms with Gasteiger partial charge in [0.25, 0.3) is 0 Å². The number of aromatic nitrogens is 2. The summed E-state index contributed by atoms with van der Waals surface area (Å²) in [5, 5.41) is 13.9. The van der Waals surface area contributed by atoms with E-state index in [0.29, 0.717) is 11.8 Å². The first-order valence-corrected chi connectivity index (χ1v) is 4.87.